The van der Waals surface area contributed by atoms with Crippen LogP contribution in [0.25, 0.3) is 0 Å². The number of carbonyl (C=O) groups is 1. The number of nitrogens with zero attached hydrogens (tertiary/aromatic N) is 1. The summed E-state index contributed by atoms with van der Waals surface area (Å²) in [5.74, 6) is -2.96. The van der Waals surface area contributed by atoms with E-state index < -0.39 is 29.8 Å². The standard InChI is InChI=1S/C13H9F3N2O/c14-9-3-4-10(15)8(6-9)7-12(19)18-13-11(16)2-1-5-17-13/h1-6H,7H2,(H,17,18,19). The van der Waals surface area contributed by atoms with Gasteiger partial charge in [-0.2, -0.15) is 0 Å². The molecule has 2 aromatic rings. The summed E-state index contributed by atoms with van der Waals surface area (Å²) in [6.07, 6.45) is 0.904. The Hall–Kier alpha value is -2.37. The lowest BCUT2D eigenvalue weighted by Gasteiger charge is -2.06. The lowest BCUT2D eigenvalue weighted by atomic mass is 10.1. The predicted octanol–water partition coefficient (Wildman–Crippen LogP) is 2.68. The summed E-state index contributed by atoms with van der Waals surface area (Å²) < 4.78 is 39.5. The number of rotatable bonds is 3. The van der Waals surface area contributed by atoms with Crippen LogP contribution in [0.4, 0.5) is 19.0 Å². The molecule has 1 heterocycles. The van der Waals surface area contributed by atoms with Crippen molar-refractivity contribution in [1.82, 2.24) is 4.98 Å². The molecule has 0 aliphatic heterocycles. The van der Waals surface area contributed by atoms with E-state index >= 15 is 0 Å². The highest BCUT2D eigenvalue weighted by Crippen LogP contribution is 2.13. The third kappa shape index (κ3) is 3.31. The highest BCUT2D eigenvalue weighted by molar-refractivity contribution is 5.91. The Bertz CT molecular complexity index is 617. The van der Waals surface area contributed by atoms with Crippen LogP contribution in [-0.4, -0.2) is 10.9 Å². The first-order valence-electron chi connectivity index (χ1n) is 5.40. The first kappa shape index (κ1) is 13.1. The summed E-state index contributed by atoms with van der Waals surface area (Å²) in [5, 5.41) is 2.19. The van der Waals surface area contributed by atoms with Gasteiger partial charge < -0.3 is 5.32 Å². The molecule has 1 aromatic heterocycles. The van der Waals surface area contributed by atoms with E-state index in [2.05, 4.69) is 10.3 Å². The van der Waals surface area contributed by atoms with E-state index in [0.717, 1.165) is 24.3 Å². The number of pyridine rings is 1. The molecule has 0 saturated heterocycles. The fraction of sp³-hybridized carbons (Fsp3) is 0.0769. The maximum absolute atomic E-state index is 13.3. The Kier molecular flexibility index (Phi) is 3.79. The monoisotopic (exact) mass is 266 g/mol. The van der Waals surface area contributed by atoms with Crippen LogP contribution >= 0.6 is 0 Å². The zero-order chi connectivity index (χ0) is 13.8. The van der Waals surface area contributed by atoms with Crippen molar-refractivity contribution in [3.05, 3.63) is 59.5 Å². The van der Waals surface area contributed by atoms with Crippen LogP contribution < -0.4 is 5.32 Å². The lowest BCUT2D eigenvalue weighted by molar-refractivity contribution is -0.115. The quantitative estimate of drug-likeness (QED) is 0.928. The first-order chi connectivity index (χ1) is 9.06. The minimum atomic E-state index is -0.699. The zero-order valence-electron chi connectivity index (χ0n) is 9.66. The Labute approximate surface area is 107 Å². The third-order valence-corrected chi connectivity index (χ3v) is 2.38. The molecular formula is C13H9F3N2O. The van der Waals surface area contributed by atoms with Crippen molar-refractivity contribution in [2.75, 3.05) is 5.32 Å². The number of benzene rings is 1. The third-order valence-electron chi connectivity index (χ3n) is 2.38. The minimum Gasteiger partial charge on any atom is -0.308 e. The molecule has 0 radical (unpaired) electrons. The van der Waals surface area contributed by atoms with Gasteiger partial charge in [0.05, 0.1) is 6.42 Å². The number of aromatic nitrogens is 1. The van der Waals surface area contributed by atoms with Gasteiger partial charge in [0.15, 0.2) is 11.6 Å². The first-order valence-corrected chi connectivity index (χ1v) is 5.40. The van der Waals surface area contributed by atoms with Gasteiger partial charge in [0.1, 0.15) is 11.6 Å². The number of hydrogen-bond acceptors (Lipinski definition) is 2. The summed E-state index contributed by atoms with van der Waals surface area (Å²) in [6.45, 7) is 0. The zero-order valence-corrected chi connectivity index (χ0v) is 9.66. The maximum Gasteiger partial charge on any atom is 0.230 e. The fourth-order valence-electron chi connectivity index (χ4n) is 1.51. The molecule has 0 fully saturated rings. The molecular weight excluding hydrogens is 257 g/mol. The number of carbonyl (C=O) groups excluding carboxylic acids is 1. The van der Waals surface area contributed by atoms with E-state index in [1.807, 2.05) is 0 Å². The second-order valence-electron chi connectivity index (χ2n) is 3.79. The Morgan fingerprint density at radius 3 is 2.68 bits per heavy atom. The van der Waals surface area contributed by atoms with Gasteiger partial charge in [-0.1, -0.05) is 0 Å². The average Bonchev–Trinajstić information content (AvgIpc) is 2.37. The van der Waals surface area contributed by atoms with Gasteiger partial charge >= 0.3 is 0 Å². The van der Waals surface area contributed by atoms with Crippen LogP contribution in [0.5, 0.6) is 0 Å². The highest BCUT2D eigenvalue weighted by atomic mass is 19.1. The summed E-state index contributed by atoms with van der Waals surface area (Å²) in [5.41, 5.74) is -0.103. The number of hydrogen-bond donors (Lipinski definition) is 1. The lowest BCUT2D eigenvalue weighted by Crippen LogP contribution is -2.17. The maximum atomic E-state index is 13.3. The number of anilines is 1. The molecule has 98 valence electrons. The van der Waals surface area contributed by atoms with Crippen molar-refractivity contribution in [2.24, 2.45) is 0 Å². The molecule has 0 aliphatic carbocycles. The van der Waals surface area contributed by atoms with Gasteiger partial charge in [-0.05, 0) is 30.3 Å². The molecule has 1 N–H and O–H groups in total. The topological polar surface area (TPSA) is 42.0 Å². The summed E-state index contributed by atoms with van der Waals surface area (Å²) in [7, 11) is 0. The van der Waals surface area contributed by atoms with Crippen molar-refractivity contribution in [3.8, 4) is 0 Å². The fourth-order valence-corrected chi connectivity index (χ4v) is 1.51. The Morgan fingerprint density at radius 2 is 1.95 bits per heavy atom. The van der Waals surface area contributed by atoms with Crippen molar-refractivity contribution in [2.45, 2.75) is 6.42 Å². The molecule has 0 spiro atoms. The smallest absolute Gasteiger partial charge is 0.230 e. The summed E-state index contributed by atoms with van der Waals surface area (Å²) in [6, 6.07) is 5.31. The molecule has 0 atom stereocenters. The summed E-state index contributed by atoms with van der Waals surface area (Å²) >= 11 is 0. The van der Waals surface area contributed by atoms with Gasteiger partial charge in [-0.25, -0.2) is 18.2 Å². The molecule has 1 aromatic carbocycles. The van der Waals surface area contributed by atoms with Crippen molar-refractivity contribution in [3.63, 3.8) is 0 Å². The number of amides is 1. The van der Waals surface area contributed by atoms with E-state index in [1.54, 1.807) is 0 Å². The molecule has 19 heavy (non-hydrogen) atoms. The average molecular weight is 266 g/mol. The van der Waals surface area contributed by atoms with E-state index in [4.69, 9.17) is 0 Å². The molecule has 1 amide bonds. The number of nitrogens with one attached hydrogen (secondary N) is 1. The van der Waals surface area contributed by atoms with Gasteiger partial charge in [-0.3, -0.25) is 4.79 Å². The SMILES string of the molecule is O=C(Cc1cc(F)ccc1F)Nc1ncccc1F. The van der Waals surface area contributed by atoms with Crippen LogP contribution in [0.3, 0.4) is 0 Å². The van der Waals surface area contributed by atoms with Crippen LogP contribution in [0.15, 0.2) is 36.5 Å². The second kappa shape index (κ2) is 5.51. The van der Waals surface area contributed by atoms with Crippen LogP contribution in [-0.2, 0) is 11.2 Å². The molecule has 2 rings (SSSR count). The second-order valence-corrected chi connectivity index (χ2v) is 3.79. The van der Waals surface area contributed by atoms with E-state index in [1.165, 1.54) is 12.3 Å². The molecule has 0 unspecified atom stereocenters. The highest BCUT2D eigenvalue weighted by Gasteiger charge is 2.12. The van der Waals surface area contributed by atoms with Gasteiger partial charge in [0.2, 0.25) is 5.91 Å². The van der Waals surface area contributed by atoms with Gasteiger partial charge in [-0.15, -0.1) is 0 Å². The number of halogens is 3. The van der Waals surface area contributed by atoms with E-state index in [9.17, 15) is 18.0 Å². The van der Waals surface area contributed by atoms with Crippen molar-refractivity contribution < 1.29 is 18.0 Å². The molecule has 3 nitrogen and oxygen atoms in total. The van der Waals surface area contributed by atoms with Crippen LogP contribution in [0, 0.1) is 17.5 Å². The Balaban J connectivity index is 2.10. The van der Waals surface area contributed by atoms with Gasteiger partial charge in [0.25, 0.3) is 0 Å². The van der Waals surface area contributed by atoms with E-state index in [-0.39, 0.29) is 11.4 Å². The summed E-state index contributed by atoms with van der Waals surface area (Å²) in [4.78, 5) is 15.2. The predicted molar refractivity (Wildman–Crippen MR) is 62.9 cm³/mol. The van der Waals surface area contributed by atoms with Crippen molar-refractivity contribution in [1.29, 1.82) is 0 Å². The molecule has 0 bridgehead atoms. The van der Waals surface area contributed by atoms with E-state index in [0.29, 0.717) is 0 Å². The molecule has 0 aliphatic rings. The van der Waals surface area contributed by atoms with Crippen LogP contribution in [0.2, 0.25) is 0 Å². The molecule has 0 saturated carbocycles. The van der Waals surface area contributed by atoms with Gasteiger partial charge in [0, 0.05) is 11.8 Å². The largest absolute Gasteiger partial charge is 0.308 e. The minimum absolute atomic E-state index is 0.103. The van der Waals surface area contributed by atoms with Crippen LogP contribution in [0.1, 0.15) is 5.56 Å². The van der Waals surface area contributed by atoms with Crippen molar-refractivity contribution >= 4 is 11.7 Å². The Morgan fingerprint density at radius 1 is 1.16 bits per heavy atom. The normalized spacial score (nSPS) is 10.3. The molecule has 6 heteroatoms.